The second-order valence-corrected chi connectivity index (χ2v) is 5.89. The van der Waals surface area contributed by atoms with Crippen LogP contribution in [-0.4, -0.2) is 12.4 Å². The van der Waals surface area contributed by atoms with E-state index in [1.165, 1.54) is 10.4 Å². The third-order valence-corrected chi connectivity index (χ3v) is 4.62. The number of thiophene rings is 1. The molecule has 0 saturated carbocycles. The zero-order valence-electron chi connectivity index (χ0n) is 10.5. The van der Waals surface area contributed by atoms with Gasteiger partial charge in [-0.3, -0.25) is 0 Å². The summed E-state index contributed by atoms with van der Waals surface area (Å²) in [5, 5.41) is 5.69. The lowest BCUT2D eigenvalue weighted by Crippen LogP contribution is -2.42. The second-order valence-electron chi connectivity index (χ2n) is 4.59. The smallest absolute Gasteiger partial charge is 0.0543 e. The number of halogens is 1. The van der Waals surface area contributed by atoms with Crippen LogP contribution in [0, 0.1) is 0 Å². The Morgan fingerprint density at radius 3 is 2.56 bits per heavy atom. The van der Waals surface area contributed by atoms with Gasteiger partial charge in [-0.25, -0.2) is 0 Å². The van der Waals surface area contributed by atoms with E-state index in [2.05, 4.69) is 54.0 Å². The van der Waals surface area contributed by atoms with Gasteiger partial charge in [-0.1, -0.05) is 36.4 Å². The molecule has 2 aromatic rings. The Bertz CT molecular complexity index is 455. The molecule has 1 atom stereocenters. The largest absolute Gasteiger partial charge is 0.306 e. The van der Waals surface area contributed by atoms with Gasteiger partial charge in [0.1, 0.15) is 0 Å². The number of nitrogens with one attached hydrogen (secondary N) is 1. The third kappa shape index (κ3) is 3.35. The van der Waals surface area contributed by atoms with Gasteiger partial charge in [0.2, 0.25) is 0 Å². The van der Waals surface area contributed by atoms with Gasteiger partial charge in [0, 0.05) is 17.3 Å². The maximum atomic E-state index is 6.14. The van der Waals surface area contributed by atoms with Gasteiger partial charge in [-0.15, -0.1) is 22.9 Å². The van der Waals surface area contributed by atoms with E-state index in [0.717, 1.165) is 13.0 Å². The molecular weight excluding hydrogens is 262 g/mol. The van der Waals surface area contributed by atoms with Crippen LogP contribution in [0.3, 0.4) is 0 Å². The summed E-state index contributed by atoms with van der Waals surface area (Å²) in [4.78, 5) is 1.41. The van der Waals surface area contributed by atoms with Crippen molar-refractivity contribution in [2.75, 3.05) is 12.4 Å². The Labute approximate surface area is 118 Å². The molecule has 1 unspecified atom stereocenters. The number of rotatable bonds is 6. The fourth-order valence-electron chi connectivity index (χ4n) is 1.95. The molecule has 96 valence electrons. The van der Waals surface area contributed by atoms with E-state index in [-0.39, 0.29) is 5.54 Å². The van der Waals surface area contributed by atoms with E-state index in [4.69, 9.17) is 11.6 Å². The van der Waals surface area contributed by atoms with Crippen molar-refractivity contribution < 1.29 is 0 Å². The Kier molecular flexibility index (Phi) is 4.81. The molecule has 1 N–H and O–H groups in total. The lowest BCUT2D eigenvalue weighted by Gasteiger charge is -2.29. The van der Waals surface area contributed by atoms with Gasteiger partial charge in [0.15, 0.2) is 0 Å². The molecule has 1 heterocycles. The van der Waals surface area contributed by atoms with Gasteiger partial charge in [0.05, 0.1) is 5.54 Å². The highest BCUT2D eigenvalue weighted by Crippen LogP contribution is 2.22. The van der Waals surface area contributed by atoms with Crippen molar-refractivity contribution in [1.29, 1.82) is 0 Å². The van der Waals surface area contributed by atoms with Gasteiger partial charge in [-0.2, -0.15) is 0 Å². The molecule has 0 amide bonds. The monoisotopic (exact) mass is 279 g/mol. The molecule has 0 aliphatic rings. The molecule has 0 radical (unpaired) electrons. The first-order valence-corrected chi connectivity index (χ1v) is 7.55. The first-order chi connectivity index (χ1) is 8.74. The van der Waals surface area contributed by atoms with E-state index in [1.807, 2.05) is 6.07 Å². The molecule has 0 aliphatic carbocycles. The number of hydrogen-bond donors (Lipinski definition) is 1. The molecular formula is C15H18ClNS. The Morgan fingerprint density at radius 1 is 1.17 bits per heavy atom. The van der Waals surface area contributed by atoms with E-state index >= 15 is 0 Å². The minimum absolute atomic E-state index is 0.153. The maximum absolute atomic E-state index is 6.14. The molecule has 0 fully saturated rings. The molecule has 1 aromatic carbocycles. The summed E-state index contributed by atoms with van der Waals surface area (Å²) >= 11 is 7.95. The first kappa shape index (κ1) is 13.6. The predicted molar refractivity (Wildman–Crippen MR) is 80.5 cm³/mol. The first-order valence-electron chi connectivity index (χ1n) is 6.13. The fourth-order valence-corrected chi connectivity index (χ4v) is 2.91. The average molecular weight is 280 g/mol. The van der Waals surface area contributed by atoms with Crippen molar-refractivity contribution in [2.45, 2.75) is 18.9 Å². The van der Waals surface area contributed by atoms with E-state index in [9.17, 15) is 0 Å². The molecule has 0 aliphatic heterocycles. The Hall–Kier alpha value is -0.830. The lowest BCUT2D eigenvalue weighted by molar-refractivity contribution is 0.413. The van der Waals surface area contributed by atoms with Crippen LogP contribution in [0.5, 0.6) is 0 Å². The highest BCUT2D eigenvalue weighted by Gasteiger charge is 2.24. The second kappa shape index (κ2) is 6.37. The van der Waals surface area contributed by atoms with E-state index in [1.54, 1.807) is 11.3 Å². The summed E-state index contributed by atoms with van der Waals surface area (Å²) in [5.41, 5.74) is 1.09. The van der Waals surface area contributed by atoms with Crippen LogP contribution in [0.1, 0.15) is 17.4 Å². The SMILES string of the molecule is CC(CCl)(NCCc1cccs1)c1ccccc1. The molecule has 1 aromatic heterocycles. The molecule has 3 heteroatoms. The highest BCUT2D eigenvalue weighted by atomic mass is 35.5. The molecule has 0 spiro atoms. The van der Waals surface area contributed by atoms with E-state index < -0.39 is 0 Å². The Morgan fingerprint density at radius 2 is 1.94 bits per heavy atom. The van der Waals surface area contributed by atoms with Gasteiger partial charge in [-0.05, 0) is 30.4 Å². The van der Waals surface area contributed by atoms with E-state index in [0.29, 0.717) is 5.88 Å². The van der Waals surface area contributed by atoms with Crippen LogP contribution < -0.4 is 5.32 Å². The van der Waals surface area contributed by atoms with Crippen molar-refractivity contribution >= 4 is 22.9 Å². The fraction of sp³-hybridized carbons (Fsp3) is 0.333. The van der Waals surface area contributed by atoms with Gasteiger partial charge < -0.3 is 5.32 Å². The third-order valence-electron chi connectivity index (χ3n) is 3.14. The zero-order chi connectivity index (χ0) is 12.8. The van der Waals surface area contributed by atoms with Crippen LogP contribution in [0.2, 0.25) is 0 Å². The molecule has 0 saturated heterocycles. The Balaban J connectivity index is 1.96. The minimum atomic E-state index is -0.153. The van der Waals surface area contributed by atoms with Crippen molar-refractivity contribution in [2.24, 2.45) is 0 Å². The van der Waals surface area contributed by atoms with Crippen LogP contribution >= 0.6 is 22.9 Å². The molecule has 2 rings (SSSR count). The van der Waals surface area contributed by atoms with Gasteiger partial charge >= 0.3 is 0 Å². The van der Waals surface area contributed by atoms with Crippen molar-refractivity contribution in [3.63, 3.8) is 0 Å². The standard InChI is InChI=1S/C15H18ClNS/c1-15(12-16,13-6-3-2-4-7-13)17-10-9-14-8-5-11-18-14/h2-8,11,17H,9-10,12H2,1H3. The van der Waals surface area contributed by atoms with Crippen molar-refractivity contribution in [1.82, 2.24) is 5.32 Å². The van der Waals surface area contributed by atoms with Gasteiger partial charge in [0.25, 0.3) is 0 Å². The zero-order valence-corrected chi connectivity index (χ0v) is 12.1. The van der Waals surface area contributed by atoms with Crippen LogP contribution in [0.25, 0.3) is 0 Å². The number of alkyl halides is 1. The topological polar surface area (TPSA) is 12.0 Å². The number of hydrogen-bond acceptors (Lipinski definition) is 2. The summed E-state index contributed by atoms with van der Waals surface area (Å²) in [6.07, 6.45) is 1.05. The predicted octanol–water partition coefficient (Wildman–Crippen LogP) is 4.03. The minimum Gasteiger partial charge on any atom is -0.306 e. The summed E-state index contributed by atoms with van der Waals surface area (Å²) in [6.45, 7) is 3.10. The summed E-state index contributed by atoms with van der Waals surface area (Å²) < 4.78 is 0. The summed E-state index contributed by atoms with van der Waals surface area (Å²) in [6, 6.07) is 14.7. The van der Waals surface area contributed by atoms with Crippen molar-refractivity contribution in [3.05, 3.63) is 58.3 Å². The highest BCUT2D eigenvalue weighted by molar-refractivity contribution is 7.09. The quantitative estimate of drug-likeness (QED) is 0.787. The average Bonchev–Trinajstić information content (AvgIpc) is 2.93. The molecule has 0 bridgehead atoms. The summed E-state index contributed by atoms with van der Waals surface area (Å²) in [5.74, 6) is 0.571. The number of benzene rings is 1. The lowest BCUT2D eigenvalue weighted by atomic mass is 9.94. The van der Waals surface area contributed by atoms with Crippen LogP contribution in [0.4, 0.5) is 0 Å². The summed E-state index contributed by atoms with van der Waals surface area (Å²) in [7, 11) is 0. The van der Waals surface area contributed by atoms with Crippen LogP contribution in [-0.2, 0) is 12.0 Å². The maximum Gasteiger partial charge on any atom is 0.0543 e. The molecule has 18 heavy (non-hydrogen) atoms. The molecule has 1 nitrogen and oxygen atoms in total. The van der Waals surface area contributed by atoms with Crippen LogP contribution in [0.15, 0.2) is 47.8 Å². The normalized spacial score (nSPS) is 14.3. The van der Waals surface area contributed by atoms with Crippen molar-refractivity contribution in [3.8, 4) is 0 Å².